The number of aryl methyl sites for hydroxylation is 1. The molecule has 29 heavy (non-hydrogen) atoms. The molecule has 0 saturated carbocycles. The molecule has 0 radical (unpaired) electrons. The highest BCUT2D eigenvalue weighted by molar-refractivity contribution is 7.89. The molecular formula is C18H18F2N2O6S. The third kappa shape index (κ3) is 5.96. The summed E-state index contributed by atoms with van der Waals surface area (Å²) in [6.07, 6.45) is -1.32. The van der Waals surface area contributed by atoms with Crippen LogP contribution in [0.4, 0.5) is 14.5 Å². The van der Waals surface area contributed by atoms with E-state index in [0.29, 0.717) is 5.56 Å². The molecule has 0 aliphatic rings. The first-order valence-corrected chi connectivity index (χ1v) is 9.73. The Balaban J connectivity index is 2.14. The Kier molecular flexibility index (Phi) is 6.88. The van der Waals surface area contributed by atoms with Gasteiger partial charge in [-0.1, -0.05) is 18.2 Å². The lowest BCUT2D eigenvalue weighted by atomic mass is 10.1. The Bertz CT molecular complexity index is 1030. The monoisotopic (exact) mass is 428 g/mol. The van der Waals surface area contributed by atoms with E-state index >= 15 is 0 Å². The van der Waals surface area contributed by atoms with Crippen molar-refractivity contribution in [2.24, 2.45) is 5.14 Å². The molecule has 0 aliphatic carbocycles. The van der Waals surface area contributed by atoms with Gasteiger partial charge < -0.3 is 14.8 Å². The Hall–Kier alpha value is -3.05. The first kappa shape index (κ1) is 22.2. The largest absolute Gasteiger partial charge is 0.449 e. The number of alkyl halides is 2. The number of carbonyl (C=O) groups excluding carboxylic acids is 2. The quantitative estimate of drug-likeness (QED) is 0.653. The number of hydrogen-bond donors (Lipinski definition) is 2. The fraction of sp³-hybridized carbons (Fsp3) is 0.222. The van der Waals surface area contributed by atoms with Crippen LogP contribution in [0, 0.1) is 6.92 Å². The highest BCUT2D eigenvalue weighted by Crippen LogP contribution is 2.26. The zero-order valence-electron chi connectivity index (χ0n) is 15.4. The molecule has 0 aliphatic heterocycles. The van der Waals surface area contributed by atoms with Crippen molar-refractivity contribution >= 4 is 27.6 Å². The van der Waals surface area contributed by atoms with Crippen LogP contribution < -0.4 is 15.2 Å². The van der Waals surface area contributed by atoms with Crippen LogP contribution in [0.25, 0.3) is 0 Å². The molecule has 3 N–H and O–H groups in total. The highest BCUT2D eigenvalue weighted by atomic mass is 32.2. The number of hydrogen-bond acceptors (Lipinski definition) is 6. The number of nitrogens with two attached hydrogens (primary N) is 1. The van der Waals surface area contributed by atoms with E-state index in [2.05, 4.69) is 10.1 Å². The maximum atomic E-state index is 12.5. The first-order chi connectivity index (χ1) is 13.5. The number of primary sulfonamides is 1. The molecule has 2 rings (SSSR count). The van der Waals surface area contributed by atoms with E-state index in [0.717, 1.165) is 6.07 Å². The molecule has 0 spiro atoms. The fourth-order valence-corrected chi connectivity index (χ4v) is 2.82. The lowest BCUT2D eigenvalue weighted by Gasteiger charge is -2.16. The summed E-state index contributed by atoms with van der Waals surface area (Å²) in [5, 5.41) is 7.38. The number of ether oxygens (including phenoxy) is 2. The zero-order chi connectivity index (χ0) is 21.8. The molecule has 0 aromatic heterocycles. The van der Waals surface area contributed by atoms with Gasteiger partial charge in [0.05, 0.1) is 16.1 Å². The molecule has 0 bridgehead atoms. The van der Waals surface area contributed by atoms with E-state index < -0.39 is 34.6 Å². The maximum Gasteiger partial charge on any atom is 0.387 e. The van der Waals surface area contributed by atoms with E-state index in [1.54, 1.807) is 6.92 Å². The molecule has 1 unspecified atom stereocenters. The van der Waals surface area contributed by atoms with Gasteiger partial charge in [-0.2, -0.15) is 8.78 Å². The average molecular weight is 428 g/mol. The third-order valence-corrected chi connectivity index (χ3v) is 4.68. The van der Waals surface area contributed by atoms with Gasteiger partial charge in [0.25, 0.3) is 5.91 Å². The molecule has 0 heterocycles. The van der Waals surface area contributed by atoms with Crippen LogP contribution in [0.3, 0.4) is 0 Å². The van der Waals surface area contributed by atoms with Crippen molar-refractivity contribution in [1.82, 2.24) is 0 Å². The highest BCUT2D eigenvalue weighted by Gasteiger charge is 2.23. The lowest BCUT2D eigenvalue weighted by Crippen LogP contribution is -2.30. The molecule has 1 amide bonds. The van der Waals surface area contributed by atoms with Crippen molar-refractivity contribution in [3.8, 4) is 5.75 Å². The number of carbonyl (C=O) groups is 2. The number of para-hydroxylation sites is 2. The van der Waals surface area contributed by atoms with E-state index in [9.17, 15) is 26.8 Å². The van der Waals surface area contributed by atoms with Gasteiger partial charge >= 0.3 is 12.6 Å². The van der Waals surface area contributed by atoms with E-state index in [1.807, 2.05) is 0 Å². The predicted octanol–water partition coefficient (Wildman–Crippen LogP) is 2.43. The average Bonchev–Trinajstić information content (AvgIpc) is 2.62. The third-order valence-electron chi connectivity index (χ3n) is 3.77. The summed E-state index contributed by atoms with van der Waals surface area (Å²) in [7, 11) is -4.04. The van der Waals surface area contributed by atoms with Gasteiger partial charge in [-0.3, -0.25) is 4.79 Å². The second kappa shape index (κ2) is 8.97. The van der Waals surface area contributed by atoms with Crippen LogP contribution in [0.2, 0.25) is 0 Å². The van der Waals surface area contributed by atoms with Gasteiger partial charge in [0, 0.05) is 0 Å². The summed E-state index contributed by atoms with van der Waals surface area (Å²) in [6.45, 7) is -0.271. The second-order valence-electron chi connectivity index (χ2n) is 5.93. The standard InChI is InChI=1S/C18H18F2N2O6S/c1-10-7-8-12(29(21,25)26)9-13(10)17(24)27-11(2)16(23)22-14-5-3-4-6-15(14)28-18(19)20/h3-9,11,18H,1-2H3,(H,22,23)(H2,21,25,26). The number of esters is 1. The summed E-state index contributed by atoms with van der Waals surface area (Å²) in [5.41, 5.74) is 0.288. The Morgan fingerprint density at radius 1 is 1.14 bits per heavy atom. The molecule has 0 saturated heterocycles. The van der Waals surface area contributed by atoms with Crippen molar-refractivity contribution < 1.29 is 36.3 Å². The Morgan fingerprint density at radius 2 is 1.79 bits per heavy atom. The van der Waals surface area contributed by atoms with Crippen molar-refractivity contribution in [1.29, 1.82) is 0 Å². The molecule has 156 valence electrons. The van der Waals surface area contributed by atoms with Crippen LogP contribution in [-0.2, 0) is 19.6 Å². The summed E-state index contributed by atoms with van der Waals surface area (Å²) in [4.78, 5) is 24.4. The van der Waals surface area contributed by atoms with E-state index in [4.69, 9.17) is 9.88 Å². The number of amides is 1. The molecule has 11 heteroatoms. The number of halogens is 2. The number of benzene rings is 2. The van der Waals surface area contributed by atoms with Crippen molar-refractivity contribution in [2.45, 2.75) is 31.5 Å². The zero-order valence-corrected chi connectivity index (χ0v) is 16.2. The molecule has 8 nitrogen and oxygen atoms in total. The van der Waals surface area contributed by atoms with Crippen LogP contribution in [-0.4, -0.2) is 33.0 Å². The van der Waals surface area contributed by atoms with E-state index in [1.165, 1.54) is 43.3 Å². The van der Waals surface area contributed by atoms with E-state index in [-0.39, 0.29) is 21.9 Å². The van der Waals surface area contributed by atoms with Crippen LogP contribution >= 0.6 is 0 Å². The van der Waals surface area contributed by atoms with Gasteiger partial charge in [-0.25, -0.2) is 18.4 Å². The summed E-state index contributed by atoms with van der Waals surface area (Å²) in [6, 6.07) is 9.16. The molecule has 2 aromatic carbocycles. The van der Waals surface area contributed by atoms with Crippen molar-refractivity contribution in [2.75, 3.05) is 5.32 Å². The van der Waals surface area contributed by atoms with Gasteiger partial charge in [-0.15, -0.1) is 0 Å². The predicted molar refractivity (Wildman–Crippen MR) is 99.1 cm³/mol. The van der Waals surface area contributed by atoms with Crippen molar-refractivity contribution in [3.05, 3.63) is 53.6 Å². The fourth-order valence-electron chi connectivity index (χ4n) is 2.28. The lowest BCUT2D eigenvalue weighted by molar-refractivity contribution is -0.123. The maximum absolute atomic E-state index is 12.5. The number of nitrogens with one attached hydrogen (secondary N) is 1. The number of anilines is 1. The molecule has 0 fully saturated rings. The Morgan fingerprint density at radius 3 is 2.41 bits per heavy atom. The second-order valence-corrected chi connectivity index (χ2v) is 7.49. The van der Waals surface area contributed by atoms with Gasteiger partial charge in [0.1, 0.15) is 5.75 Å². The van der Waals surface area contributed by atoms with Gasteiger partial charge in [0.2, 0.25) is 10.0 Å². The minimum Gasteiger partial charge on any atom is -0.449 e. The smallest absolute Gasteiger partial charge is 0.387 e. The minimum absolute atomic E-state index is 0.0342. The molecule has 1 atom stereocenters. The van der Waals surface area contributed by atoms with Gasteiger partial charge in [0.15, 0.2) is 6.10 Å². The molecular weight excluding hydrogens is 410 g/mol. The van der Waals surface area contributed by atoms with Gasteiger partial charge in [-0.05, 0) is 43.7 Å². The topological polar surface area (TPSA) is 125 Å². The van der Waals surface area contributed by atoms with Crippen LogP contribution in [0.1, 0.15) is 22.8 Å². The summed E-state index contributed by atoms with van der Waals surface area (Å²) < 4.78 is 57.2. The Labute approximate surface area is 165 Å². The first-order valence-electron chi connectivity index (χ1n) is 8.18. The van der Waals surface area contributed by atoms with Crippen LogP contribution in [0.15, 0.2) is 47.4 Å². The number of rotatable bonds is 7. The molecule has 2 aromatic rings. The SMILES string of the molecule is Cc1ccc(S(N)(=O)=O)cc1C(=O)OC(C)C(=O)Nc1ccccc1OC(F)F. The normalized spacial score (nSPS) is 12.3. The number of sulfonamides is 1. The van der Waals surface area contributed by atoms with Crippen LogP contribution in [0.5, 0.6) is 5.75 Å². The van der Waals surface area contributed by atoms with Crippen molar-refractivity contribution in [3.63, 3.8) is 0 Å². The summed E-state index contributed by atoms with van der Waals surface area (Å²) >= 11 is 0. The summed E-state index contributed by atoms with van der Waals surface area (Å²) in [5.74, 6) is -2.01. The minimum atomic E-state index is -4.04.